The number of Topliss-reactive ketones (excluding diaryl/α,β-unsaturated/α-hetero) is 1. The van der Waals surface area contributed by atoms with Gasteiger partial charge in [0.1, 0.15) is 18.3 Å². The molecule has 11 nitrogen and oxygen atoms in total. The Hall–Kier alpha value is -5.85. The SMILES string of the molecule is CCc1ccc2ccccc2c1Cc1c(C[C@H](Cc2cc[nH]c2)[C@H](O)CC(=O)[C@H](Cc2ccc(O)c(OCNC[C@H](C)O)c2)c2cc(O)cc(C3(NC)CCCCC3)c2)ccc(O)c1OC. The van der Waals surface area contributed by atoms with Crippen LogP contribution in [0.2, 0.25) is 0 Å². The number of phenolic OH excluding ortho intramolecular Hbond substituents is 3. The van der Waals surface area contributed by atoms with Crippen LogP contribution in [0, 0.1) is 5.92 Å². The molecule has 1 aromatic heterocycles. The van der Waals surface area contributed by atoms with Gasteiger partial charge in [-0.25, -0.2) is 0 Å². The number of nitrogens with one attached hydrogen (secondary N) is 3. The molecule has 0 bridgehead atoms. The average molecular weight is 898 g/mol. The molecule has 6 aromatic rings. The zero-order valence-corrected chi connectivity index (χ0v) is 38.8. The minimum atomic E-state index is -1.08. The lowest BCUT2D eigenvalue weighted by atomic mass is 9.75. The van der Waals surface area contributed by atoms with E-state index in [9.17, 15) is 25.5 Å². The first-order valence-electron chi connectivity index (χ1n) is 23.5. The molecule has 4 atom stereocenters. The first-order valence-corrected chi connectivity index (χ1v) is 23.5. The Labute approximate surface area is 388 Å². The van der Waals surface area contributed by atoms with Crippen LogP contribution in [0.1, 0.15) is 103 Å². The summed E-state index contributed by atoms with van der Waals surface area (Å²) in [5.41, 5.74) is 7.01. The van der Waals surface area contributed by atoms with E-state index in [1.165, 1.54) is 5.56 Å². The summed E-state index contributed by atoms with van der Waals surface area (Å²) in [6.45, 7) is 4.17. The van der Waals surface area contributed by atoms with Crippen molar-refractivity contribution in [3.63, 3.8) is 0 Å². The van der Waals surface area contributed by atoms with Gasteiger partial charge in [-0.3, -0.25) is 10.1 Å². The molecule has 350 valence electrons. The number of carbonyl (C=O) groups is 1. The van der Waals surface area contributed by atoms with Gasteiger partial charge in [0.2, 0.25) is 0 Å². The molecule has 1 aliphatic rings. The highest BCUT2D eigenvalue weighted by atomic mass is 16.5. The quantitative estimate of drug-likeness (QED) is 0.0243. The Bertz CT molecular complexity index is 2550. The highest BCUT2D eigenvalue weighted by Crippen LogP contribution is 2.42. The van der Waals surface area contributed by atoms with Crippen molar-refractivity contribution in [2.24, 2.45) is 5.92 Å². The molecule has 1 saturated carbocycles. The molecule has 0 spiro atoms. The molecule has 8 N–H and O–H groups in total. The number of aromatic hydroxyl groups is 3. The number of carbonyl (C=O) groups excluding carboxylic acids is 1. The number of hydrogen-bond donors (Lipinski definition) is 8. The third-order valence-electron chi connectivity index (χ3n) is 13.7. The van der Waals surface area contributed by atoms with E-state index in [-0.39, 0.29) is 53.9 Å². The Balaban J connectivity index is 1.24. The van der Waals surface area contributed by atoms with Crippen LogP contribution in [-0.2, 0) is 42.4 Å². The number of phenols is 3. The number of aromatic amines is 1. The van der Waals surface area contributed by atoms with E-state index < -0.39 is 24.0 Å². The summed E-state index contributed by atoms with van der Waals surface area (Å²) in [4.78, 5) is 18.3. The van der Waals surface area contributed by atoms with E-state index in [1.807, 2.05) is 49.8 Å². The highest BCUT2D eigenvalue weighted by Gasteiger charge is 2.35. The Morgan fingerprint density at radius 2 is 1.61 bits per heavy atom. The van der Waals surface area contributed by atoms with Gasteiger partial charge in [0.25, 0.3) is 0 Å². The number of ether oxygens (including phenoxy) is 2. The van der Waals surface area contributed by atoms with Crippen molar-refractivity contribution in [1.82, 2.24) is 15.6 Å². The Morgan fingerprint density at radius 3 is 2.33 bits per heavy atom. The van der Waals surface area contributed by atoms with Gasteiger partial charge in [0, 0.05) is 48.8 Å². The van der Waals surface area contributed by atoms with Gasteiger partial charge < -0.3 is 45.3 Å². The number of hydrogen-bond acceptors (Lipinski definition) is 10. The van der Waals surface area contributed by atoms with E-state index in [0.717, 1.165) is 82.7 Å². The molecule has 0 amide bonds. The first-order chi connectivity index (χ1) is 31.9. The van der Waals surface area contributed by atoms with Gasteiger partial charge in [-0.2, -0.15) is 0 Å². The predicted octanol–water partition coefficient (Wildman–Crippen LogP) is 8.88. The number of aliphatic hydroxyl groups is 2. The van der Waals surface area contributed by atoms with E-state index >= 15 is 4.79 Å². The number of ketones is 1. The fraction of sp³-hybridized carbons (Fsp3) is 0.400. The van der Waals surface area contributed by atoms with Crippen LogP contribution >= 0.6 is 0 Å². The lowest BCUT2D eigenvalue weighted by molar-refractivity contribution is -0.123. The minimum absolute atomic E-state index is 0.0351. The summed E-state index contributed by atoms with van der Waals surface area (Å²) in [5.74, 6) is -0.732. The summed E-state index contributed by atoms with van der Waals surface area (Å²) >= 11 is 0. The standard InChI is InChI=1S/C55H67N3O8/c1-5-38-14-15-39-11-7-8-12-45(39)46(38)30-48-40(16-18-50(62)54(48)65-4)26-42(23-37-19-22-57-33-37)51(63)31-52(64)47(24-36-13-17-49(61)53(25-36)66-34-58-32-35(2)59)41-27-43(29-44(60)28-41)55(56-3)20-9-6-10-21-55/h7-8,11-19,22,25,27-29,33,35,42,47,51,56-63H,5-6,9-10,20-21,23-24,26,30-32,34H2,1-4H3/t35-,42-,47+,51+/m0/s1. The lowest BCUT2D eigenvalue weighted by Crippen LogP contribution is -2.41. The normalized spacial score (nSPS) is 15.5. The number of benzene rings is 5. The number of rotatable bonds is 22. The maximum absolute atomic E-state index is 15.1. The number of methoxy groups -OCH3 is 1. The van der Waals surface area contributed by atoms with Crippen LogP contribution in [0.25, 0.3) is 10.8 Å². The van der Waals surface area contributed by atoms with Crippen molar-refractivity contribution in [2.75, 3.05) is 27.4 Å². The summed E-state index contributed by atoms with van der Waals surface area (Å²) in [7, 11) is 3.51. The summed E-state index contributed by atoms with van der Waals surface area (Å²) in [5, 5.41) is 64.2. The molecule has 0 aliphatic heterocycles. The fourth-order valence-electron chi connectivity index (χ4n) is 10.1. The molecule has 11 heteroatoms. The van der Waals surface area contributed by atoms with E-state index in [2.05, 4.69) is 46.8 Å². The molecule has 66 heavy (non-hydrogen) atoms. The van der Waals surface area contributed by atoms with Gasteiger partial charge in [0.15, 0.2) is 23.0 Å². The van der Waals surface area contributed by atoms with Crippen LogP contribution < -0.4 is 20.1 Å². The van der Waals surface area contributed by atoms with Crippen molar-refractivity contribution in [3.05, 3.63) is 148 Å². The van der Waals surface area contributed by atoms with Crippen molar-refractivity contribution in [1.29, 1.82) is 0 Å². The van der Waals surface area contributed by atoms with Crippen molar-refractivity contribution in [2.45, 2.75) is 108 Å². The number of fused-ring (bicyclic) bond motifs is 1. The lowest BCUT2D eigenvalue weighted by Gasteiger charge is -2.38. The number of aliphatic hydroxyl groups excluding tert-OH is 2. The molecule has 0 unspecified atom stereocenters. The summed E-state index contributed by atoms with van der Waals surface area (Å²) in [6, 6.07) is 28.7. The molecule has 1 fully saturated rings. The molecule has 1 aliphatic carbocycles. The molecular weight excluding hydrogens is 831 g/mol. The zero-order chi connectivity index (χ0) is 46.8. The minimum Gasteiger partial charge on any atom is -0.508 e. The molecular formula is C55H67N3O8. The van der Waals surface area contributed by atoms with Gasteiger partial charge in [-0.15, -0.1) is 0 Å². The predicted molar refractivity (Wildman–Crippen MR) is 260 cm³/mol. The monoisotopic (exact) mass is 897 g/mol. The second-order valence-electron chi connectivity index (χ2n) is 18.2. The fourth-order valence-corrected chi connectivity index (χ4v) is 10.1. The smallest absolute Gasteiger partial charge is 0.164 e. The summed E-state index contributed by atoms with van der Waals surface area (Å²) < 4.78 is 11.8. The topological polar surface area (TPSA) is 177 Å². The first kappa shape index (κ1) is 48.1. The van der Waals surface area contributed by atoms with Crippen LogP contribution in [0.15, 0.2) is 103 Å². The van der Waals surface area contributed by atoms with Gasteiger partial charge >= 0.3 is 0 Å². The van der Waals surface area contributed by atoms with Crippen LogP contribution in [0.5, 0.6) is 28.7 Å². The third kappa shape index (κ3) is 11.4. The largest absolute Gasteiger partial charge is 0.508 e. The zero-order valence-electron chi connectivity index (χ0n) is 38.8. The van der Waals surface area contributed by atoms with Crippen molar-refractivity contribution in [3.8, 4) is 28.7 Å². The third-order valence-corrected chi connectivity index (χ3v) is 13.7. The number of aromatic nitrogens is 1. The Kier molecular flexibility index (Phi) is 16.1. The van der Waals surface area contributed by atoms with Gasteiger partial charge in [-0.05, 0) is 145 Å². The van der Waals surface area contributed by atoms with Gasteiger partial charge in [-0.1, -0.05) is 80.8 Å². The molecule has 5 aromatic carbocycles. The van der Waals surface area contributed by atoms with E-state index in [1.54, 1.807) is 50.4 Å². The van der Waals surface area contributed by atoms with Crippen LogP contribution in [0.4, 0.5) is 0 Å². The van der Waals surface area contributed by atoms with Crippen molar-refractivity contribution < 1.29 is 39.8 Å². The molecule has 7 rings (SSSR count). The van der Waals surface area contributed by atoms with Crippen LogP contribution in [0.3, 0.4) is 0 Å². The Morgan fingerprint density at radius 1 is 0.833 bits per heavy atom. The molecule has 0 saturated heterocycles. The molecule has 0 radical (unpaired) electrons. The molecule has 1 heterocycles. The second-order valence-corrected chi connectivity index (χ2v) is 18.2. The summed E-state index contributed by atoms with van der Waals surface area (Å²) in [6.07, 6.45) is 9.37. The number of H-pyrrole nitrogens is 1. The number of aryl methyl sites for hydroxylation is 1. The highest BCUT2D eigenvalue weighted by molar-refractivity contribution is 5.88. The maximum Gasteiger partial charge on any atom is 0.164 e. The second kappa shape index (κ2) is 22.1. The van der Waals surface area contributed by atoms with E-state index in [0.29, 0.717) is 37.1 Å². The maximum atomic E-state index is 15.1. The van der Waals surface area contributed by atoms with Crippen molar-refractivity contribution >= 4 is 16.6 Å². The average Bonchev–Trinajstić information content (AvgIpc) is 3.84. The van der Waals surface area contributed by atoms with Crippen LogP contribution in [-0.4, -0.2) is 75.9 Å². The van der Waals surface area contributed by atoms with E-state index in [4.69, 9.17) is 9.47 Å². The van der Waals surface area contributed by atoms with Gasteiger partial charge in [0.05, 0.1) is 19.3 Å².